The molecule has 0 radical (unpaired) electrons. The molecule has 0 spiro atoms. The van der Waals surface area contributed by atoms with E-state index in [0.29, 0.717) is 27.9 Å². The third-order valence-electron chi connectivity index (χ3n) is 3.95. The molecule has 3 rings (SSSR count). The quantitative estimate of drug-likeness (QED) is 0.762. The summed E-state index contributed by atoms with van der Waals surface area (Å²) in [5, 5.41) is 1.26. The smallest absolute Gasteiger partial charge is 0.233 e. The minimum Gasteiger partial charge on any atom is -0.455 e. The van der Waals surface area contributed by atoms with Crippen molar-refractivity contribution in [2.75, 3.05) is 0 Å². The number of nitrogens with one attached hydrogen (secondary N) is 1. The van der Waals surface area contributed by atoms with Gasteiger partial charge in [0, 0.05) is 28.6 Å². The summed E-state index contributed by atoms with van der Waals surface area (Å²) in [6.45, 7) is 4.99. The van der Waals surface area contributed by atoms with Gasteiger partial charge in [0.1, 0.15) is 11.3 Å². The Labute approximate surface area is 145 Å². The fourth-order valence-electron chi connectivity index (χ4n) is 2.61. The third kappa shape index (κ3) is 3.40. The largest absolute Gasteiger partial charge is 0.455 e. The molecule has 2 aromatic carbocycles. The van der Waals surface area contributed by atoms with Crippen LogP contribution in [0.4, 0.5) is 0 Å². The predicted octanol–water partition coefficient (Wildman–Crippen LogP) is 3.33. The van der Waals surface area contributed by atoms with Gasteiger partial charge in [-0.15, -0.1) is 0 Å². The maximum Gasteiger partial charge on any atom is 0.233 e. The highest BCUT2D eigenvalue weighted by Gasteiger charge is 2.15. The number of rotatable bonds is 5. The molecule has 25 heavy (non-hydrogen) atoms. The molecule has 1 aromatic heterocycles. The van der Waals surface area contributed by atoms with Crippen LogP contribution in [0.15, 0.2) is 69.7 Å². The third-order valence-corrected chi connectivity index (χ3v) is 4.93. The molecule has 0 atom stereocenters. The number of hydrogen-bond acceptors (Lipinski definition) is 4. The molecule has 0 aliphatic carbocycles. The Morgan fingerprint density at radius 3 is 2.52 bits per heavy atom. The van der Waals surface area contributed by atoms with Crippen molar-refractivity contribution in [1.29, 1.82) is 0 Å². The van der Waals surface area contributed by atoms with Crippen molar-refractivity contribution in [2.24, 2.45) is 0 Å². The molecule has 0 fully saturated rings. The van der Waals surface area contributed by atoms with Crippen LogP contribution < -0.4 is 10.2 Å². The van der Waals surface area contributed by atoms with Crippen LogP contribution in [0.1, 0.15) is 11.1 Å². The molecule has 0 amide bonds. The second-order valence-corrected chi connectivity index (χ2v) is 7.29. The summed E-state index contributed by atoms with van der Waals surface area (Å²) in [6, 6.07) is 14.4. The van der Waals surface area contributed by atoms with E-state index in [0.717, 1.165) is 11.0 Å². The van der Waals surface area contributed by atoms with Gasteiger partial charge in [-0.05, 0) is 13.0 Å². The van der Waals surface area contributed by atoms with Gasteiger partial charge >= 0.3 is 0 Å². The van der Waals surface area contributed by atoms with Crippen LogP contribution in [-0.2, 0) is 16.6 Å². The first-order chi connectivity index (χ1) is 11.9. The van der Waals surface area contributed by atoms with Crippen molar-refractivity contribution >= 4 is 21.0 Å². The summed E-state index contributed by atoms with van der Waals surface area (Å²) in [5.74, 6) is 0.483. The first kappa shape index (κ1) is 17.1. The Morgan fingerprint density at radius 2 is 1.84 bits per heavy atom. The molecular weight excluding hydrogens is 338 g/mol. The highest BCUT2D eigenvalue weighted by molar-refractivity contribution is 7.92. The second-order valence-electron chi connectivity index (χ2n) is 5.58. The fraction of sp³-hybridized carbons (Fsp3) is 0.105. The van der Waals surface area contributed by atoms with Crippen LogP contribution in [0, 0.1) is 6.92 Å². The Morgan fingerprint density at radius 1 is 1.12 bits per heavy atom. The summed E-state index contributed by atoms with van der Waals surface area (Å²) in [4.78, 5) is 12.7. The average Bonchev–Trinajstić information content (AvgIpc) is 2.63. The summed E-state index contributed by atoms with van der Waals surface area (Å²) in [7, 11) is -3.57. The highest BCUT2D eigenvalue weighted by atomic mass is 32.2. The molecule has 3 aromatic rings. The lowest BCUT2D eigenvalue weighted by Gasteiger charge is -2.10. The summed E-state index contributed by atoms with van der Waals surface area (Å²) < 4.78 is 31.6. The highest BCUT2D eigenvalue weighted by Crippen LogP contribution is 2.27. The van der Waals surface area contributed by atoms with Crippen LogP contribution in [0.2, 0.25) is 0 Å². The Hall–Kier alpha value is -2.70. The molecule has 0 bridgehead atoms. The van der Waals surface area contributed by atoms with E-state index >= 15 is 0 Å². The first-order valence-electron chi connectivity index (χ1n) is 7.66. The Bertz CT molecular complexity index is 1100. The van der Waals surface area contributed by atoms with E-state index in [1.54, 1.807) is 25.1 Å². The number of hydrogen-bond donors (Lipinski definition) is 1. The lowest BCUT2D eigenvalue weighted by Crippen LogP contribution is -2.20. The molecular formula is C19H17NO4S. The minimum absolute atomic E-state index is 0.00588. The topological polar surface area (TPSA) is 76.4 Å². The molecule has 128 valence electrons. The molecule has 0 unspecified atom stereocenters. The molecule has 6 heteroatoms. The average molecular weight is 355 g/mol. The lowest BCUT2D eigenvalue weighted by atomic mass is 10.0. The number of sulfonamides is 1. The molecule has 0 saturated carbocycles. The van der Waals surface area contributed by atoms with Crippen molar-refractivity contribution in [2.45, 2.75) is 13.5 Å². The zero-order chi connectivity index (χ0) is 18.0. The molecule has 0 saturated heterocycles. The van der Waals surface area contributed by atoms with Gasteiger partial charge in [-0.3, -0.25) is 4.79 Å². The molecule has 0 aliphatic heterocycles. The molecule has 5 nitrogen and oxygen atoms in total. The van der Waals surface area contributed by atoms with Crippen molar-refractivity contribution < 1.29 is 12.8 Å². The van der Waals surface area contributed by atoms with Gasteiger partial charge in [0.25, 0.3) is 0 Å². The predicted molar refractivity (Wildman–Crippen MR) is 98.6 cm³/mol. The second kappa shape index (κ2) is 6.66. The van der Waals surface area contributed by atoms with E-state index in [2.05, 4.69) is 11.3 Å². The van der Waals surface area contributed by atoms with Gasteiger partial charge in [0.2, 0.25) is 10.0 Å². The van der Waals surface area contributed by atoms with E-state index < -0.39 is 10.0 Å². The van der Waals surface area contributed by atoms with Crippen molar-refractivity contribution in [3.63, 3.8) is 0 Å². The van der Waals surface area contributed by atoms with Crippen LogP contribution in [0.5, 0.6) is 0 Å². The normalized spacial score (nSPS) is 11.6. The maximum absolute atomic E-state index is 12.7. The summed E-state index contributed by atoms with van der Waals surface area (Å²) in [5.41, 5.74) is 2.14. The Kier molecular flexibility index (Phi) is 4.57. The lowest BCUT2D eigenvalue weighted by molar-refractivity contribution is 0.587. The SMILES string of the molecule is C=CS(=O)(=O)NCc1cccc2c(=O)c(C)c(-c3ccccc3)oc12. The van der Waals surface area contributed by atoms with Gasteiger partial charge in [-0.25, -0.2) is 13.1 Å². The van der Waals surface area contributed by atoms with E-state index in [-0.39, 0.29) is 12.0 Å². The van der Waals surface area contributed by atoms with Crippen LogP contribution >= 0.6 is 0 Å². The zero-order valence-corrected chi connectivity index (χ0v) is 14.5. The van der Waals surface area contributed by atoms with Gasteiger partial charge < -0.3 is 4.42 Å². The van der Waals surface area contributed by atoms with Gasteiger partial charge in [0.05, 0.1) is 5.39 Å². The monoisotopic (exact) mass is 355 g/mol. The van der Waals surface area contributed by atoms with E-state index in [4.69, 9.17) is 4.42 Å². The zero-order valence-electron chi connectivity index (χ0n) is 13.7. The maximum atomic E-state index is 12.7. The number of fused-ring (bicyclic) bond motifs is 1. The van der Waals surface area contributed by atoms with E-state index in [1.165, 1.54) is 0 Å². The van der Waals surface area contributed by atoms with Crippen molar-refractivity contribution in [3.8, 4) is 11.3 Å². The standard InChI is InChI=1S/C19H17NO4S/c1-3-25(22,23)20-12-15-10-7-11-16-17(21)13(2)18(24-19(15)16)14-8-5-4-6-9-14/h3-11,20H,1,12H2,2H3. The van der Waals surface area contributed by atoms with Gasteiger partial charge in [0.15, 0.2) is 5.43 Å². The van der Waals surface area contributed by atoms with Crippen LogP contribution in [-0.4, -0.2) is 8.42 Å². The van der Waals surface area contributed by atoms with Crippen LogP contribution in [0.3, 0.4) is 0 Å². The number of benzene rings is 2. The minimum atomic E-state index is -3.57. The molecule has 1 heterocycles. The van der Waals surface area contributed by atoms with Crippen molar-refractivity contribution in [1.82, 2.24) is 4.72 Å². The van der Waals surface area contributed by atoms with Crippen LogP contribution in [0.25, 0.3) is 22.3 Å². The van der Waals surface area contributed by atoms with Crippen molar-refractivity contribution in [3.05, 3.63) is 81.9 Å². The van der Waals surface area contributed by atoms with E-state index in [9.17, 15) is 13.2 Å². The first-order valence-corrected chi connectivity index (χ1v) is 9.20. The molecule has 0 aliphatic rings. The van der Waals surface area contributed by atoms with E-state index in [1.807, 2.05) is 30.3 Å². The van der Waals surface area contributed by atoms with Gasteiger partial charge in [-0.1, -0.05) is 49.0 Å². The Balaban J connectivity index is 2.19. The fourth-order valence-corrected chi connectivity index (χ4v) is 3.08. The summed E-state index contributed by atoms with van der Waals surface area (Å²) in [6.07, 6.45) is 0. The number of para-hydroxylation sites is 1. The molecule has 1 N–H and O–H groups in total. The summed E-state index contributed by atoms with van der Waals surface area (Å²) >= 11 is 0. The van der Waals surface area contributed by atoms with Gasteiger partial charge in [-0.2, -0.15) is 0 Å².